The van der Waals surface area contributed by atoms with Gasteiger partial charge in [-0.3, -0.25) is 9.97 Å². The zero-order valence-electron chi connectivity index (χ0n) is 14.9. The Balaban J connectivity index is 1.51. The molecule has 1 saturated heterocycles. The Morgan fingerprint density at radius 1 is 1.04 bits per heavy atom. The van der Waals surface area contributed by atoms with E-state index in [2.05, 4.69) is 9.97 Å². The lowest BCUT2D eigenvalue weighted by Gasteiger charge is -2.18. The van der Waals surface area contributed by atoms with Gasteiger partial charge in [-0.05, 0) is 55.0 Å². The molecule has 2 aromatic heterocycles. The highest BCUT2D eigenvalue weighted by atomic mass is 32.2. The van der Waals surface area contributed by atoms with E-state index in [0.717, 1.165) is 17.7 Å². The number of benzene rings is 1. The molecule has 1 fully saturated rings. The highest BCUT2D eigenvalue weighted by Gasteiger charge is 2.34. The minimum absolute atomic E-state index is 0.0772. The Morgan fingerprint density at radius 2 is 1.79 bits per heavy atom. The molecule has 1 aliphatic heterocycles. The molecule has 1 atom stereocenters. The molecule has 144 valence electrons. The molecule has 3 heterocycles. The zero-order valence-corrected chi connectivity index (χ0v) is 15.7. The zero-order chi connectivity index (χ0) is 19.6. The number of ether oxygens (including phenoxy) is 1. The van der Waals surface area contributed by atoms with Crippen molar-refractivity contribution in [2.24, 2.45) is 0 Å². The maximum atomic E-state index is 13.1. The van der Waals surface area contributed by atoms with E-state index in [0.29, 0.717) is 24.4 Å². The van der Waals surface area contributed by atoms with E-state index in [4.69, 9.17) is 4.74 Å². The normalized spacial score (nSPS) is 17.5. The highest BCUT2D eigenvalue weighted by Crippen LogP contribution is 2.30. The molecule has 0 bridgehead atoms. The highest BCUT2D eigenvalue weighted by molar-refractivity contribution is 7.89. The SMILES string of the molecule is O=S(=O)(c1ccc(F)cc1)N1CCC(Oc2cccnc2-c2ccncc2)C1. The van der Waals surface area contributed by atoms with Gasteiger partial charge in [0.1, 0.15) is 23.4 Å². The second-order valence-electron chi connectivity index (χ2n) is 6.43. The van der Waals surface area contributed by atoms with Gasteiger partial charge in [0.2, 0.25) is 10.0 Å². The number of pyridine rings is 2. The van der Waals surface area contributed by atoms with Gasteiger partial charge in [-0.25, -0.2) is 12.8 Å². The van der Waals surface area contributed by atoms with Gasteiger partial charge in [0.15, 0.2) is 0 Å². The van der Waals surface area contributed by atoms with Crippen LogP contribution >= 0.6 is 0 Å². The molecule has 0 aliphatic carbocycles. The van der Waals surface area contributed by atoms with Crippen molar-refractivity contribution >= 4 is 10.0 Å². The Hall–Kier alpha value is -2.84. The van der Waals surface area contributed by atoms with Gasteiger partial charge in [-0.2, -0.15) is 4.31 Å². The Bertz CT molecular complexity index is 1060. The molecule has 0 N–H and O–H groups in total. The molecule has 4 rings (SSSR count). The van der Waals surface area contributed by atoms with Crippen LogP contribution in [-0.2, 0) is 10.0 Å². The number of hydrogen-bond donors (Lipinski definition) is 0. The number of rotatable bonds is 5. The maximum absolute atomic E-state index is 13.1. The summed E-state index contributed by atoms with van der Waals surface area (Å²) in [5.74, 6) is 0.126. The number of halogens is 1. The van der Waals surface area contributed by atoms with Gasteiger partial charge in [0.25, 0.3) is 0 Å². The van der Waals surface area contributed by atoms with Crippen molar-refractivity contribution in [3.63, 3.8) is 0 Å². The molecule has 0 amide bonds. The second-order valence-corrected chi connectivity index (χ2v) is 8.37. The van der Waals surface area contributed by atoms with Gasteiger partial charge in [-0.1, -0.05) is 0 Å². The summed E-state index contributed by atoms with van der Waals surface area (Å²) in [4.78, 5) is 8.48. The van der Waals surface area contributed by atoms with Crippen LogP contribution in [0.15, 0.2) is 72.0 Å². The predicted octanol–water partition coefficient (Wildman–Crippen LogP) is 3.12. The molecule has 1 aliphatic rings. The minimum Gasteiger partial charge on any atom is -0.487 e. The van der Waals surface area contributed by atoms with E-state index < -0.39 is 15.8 Å². The largest absolute Gasteiger partial charge is 0.487 e. The number of hydrogen-bond acceptors (Lipinski definition) is 5. The quantitative estimate of drug-likeness (QED) is 0.659. The molecule has 0 saturated carbocycles. The fraction of sp³-hybridized carbons (Fsp3) is 0.200. The summed E-state index contributed by atoms with van der Waals surface area (Å²) in [7, 11) is -3.68. The van der Waals surface area contributed by atoms with Gasteiger partial charge in [0, 0.05) is 30.7 Å². The first kappa shape index (κ1) is 18.5. The maximum Gasteiger partial charge on any atom is 0.243 e. The minimum atomic E-state index is -3.68. The van der Waals surface area contributed by atoms with Crippen molar-refractivity contribution < 1.29 is 17.5 Å². The van der Waals surface area contributed by atoms with Crippen LogP contribution in [0.4, 0.5) is 4.39 Å². The van der Waals surface area contributed by atoms with E-state index in [9.17, 15) is 12.8 Å². The summed E-state index contributed by atoms with van der Waals surface area (Å²) in [6.07, 6.45) is 5.31. The van der Waals surface area contributed by atoms with Crippen molar-refractivity contribution in [1.82, 2.24) is 14.3 Å². The Kier molecular flexibility index (Phi) is 5.06. The first-order valence-electron chi connectivity index (χ1n) is 8.82. The number of aromatic nitrogens is 2. The molecule has 0 radical (unpaired) electrons. The summed E-state index contributed by atoms with van der Waals surface area (Å²) >= 11 is 0. The lowest BCUT2D eigenvalue weighted by atomic mass is 10.1. The van der Waals surface area contributed by atoms with Crippen LogP contribution in [0.3, 0.4) is 0 Å². The summed E-state index contributed by atoms with van der Waals surface area (Å²) in [6, 6.07) is 12.1. The number of sulfonamides is 1. The third kappa shape index (κ3) is 3.74. The molecule has 8 heteroatoms. The fourth-order valence-electron chi connectivity index (χ4n) is 3.16. The van der Waals surface area contributed by atoms with Crippen molar-refractivity contribution in [3.05, 3.63) is 72.9 Å². The molecular weight excluding hydrogens is 381 g/mol. The van der Waals surface area contributed by atoms with Gasteiger partial charge in [0.05, 0.1) is 11.4 Å². The van der Waals surface area contributed by atoms with Crippen LogP contribution in [0.25, 0.3) is 11.3 Å². The van der Waals surface area contributed by atoms with Crippen molar-refractivity contribution in [3.8, 4) is 17.0 Å². The summed E-state index contributed by atoms with van der Waals surface area (Å²) < 4.78 is 46.1. The molecule has 28 heavy (non-hydrogen) atoms. The van der Waals surface area contributed by atoms with E-state index in [1.54, 1.807) is 24.7 Å². The molecule has 0 spiro atoms. The van der Waals surface area contributed by atoms with Gasteiger partial charge >= 0.3 is 0 Å². The first-order valence-corrected chi connectivity index (χ1v) is 10.3. The van der Waals surface area contributed by atoms with Crippen LogP contribution in [0.2, 0.25) is 0 Å². The van der Waals surface area contributed by atoms with Crippen LogP contribution in [-0.4, -0.2) is 41.9 Å². The predicted molar refractivity (Wildman–Crippen MR) is 102 cm³/mol. The molecule has 6 nitrogen and oxygen atoms in total. The summed E-state index contributed by atoms with van der Waals surface area (Å²) in [5, 5.41) is 0. The summed E-state index contributed by atoms with van der Waals surface area (Å²) in [5.41, 5.74) is 1.56. The molecular formula is C20H18FN3O3S. The van der Waals surface area contributed by atoms with Gasteiger partial charge in [-0.15, -0.1) is 0 Å². The molecule has 3 aromatic rings. The van der Waals surface area contributed by atoms with Crippen LogP contribution in [0.5, 0.6) is 5.75 Å². The topological polar surface area (TPSA) is 72.4 Å². The van der Waals surface area contributed by atoms with Gasteiger partial charge < -0.3 is 4.74 Å². The van der Waals surface area contributed by atoms with E-state index in [-0.39, 0.29) is 17.5 Å². The Labute approximate surface area is 162 Å². The van der Waals surface area contributed by atoms with Crippen molar-refractivity contribution in [2.75, 3.05) is 13.1 Å². The summed E-state index contributed by atoms with van der Waals surface area (Å²) in [6.45, 7) is 0.569. The fourth-order valence-corrected chi connectivity index (χ4v) is 4.65. The lowest BCUT2D eigenvalue weighted by molar-refractivity contribution is 0.216. The standard InChI is InChI=1S/C20H18FN3O3S/c21-16-3-5-18(6-4-16)28(25,26)24-13-9-17(14-24)27-19-2-1-10-23-20(19)15-7-11-22-12-8-15/h1-8,10-12,17H,9,13-14H2. The lowest BCUT2D eigenvalue weighted by Crippen LogP contribution is -2.31. The van der Waals surface area contributed by atoms with Crippen LogP contribution in [0.1, 0.15) is 6.42 Å². The second kappa shape index (κ2) is 7.65. The molecule has 1 unspecified atom stereocenters. The van der Waals surface area contributed by atoms with Crippen molar-refractivity contribution in [1.29, 1.82) is 0 Å². The van der Waals surface area contributed by atoms with Crippen LogP contribution in [0, 0.1) is 5.82 Å². The van der Waals surface area contributed by atoms with Crippen molar-refractivity contribution in [2.45, 2.75) is 17.4 Å². The smallest absolute Gasteiger partial charge is 0.243 e. The Morgan fingerprint density at radius 3 is 2.54 bits per heavy atom. The average Bonchev–Trinajstić information content (AvgIpc) is 3.19. The van der Waals surface area contributed by atoms with E-state index >= 15 is 0 Å². The monoisotopic (exact) mass is 399 g/mol. The van der Waals surface area contributed by atoms with Crippen LogP contribution < -0.4 is 4.74 Å². The van der Waals surface area contributed by atoms with E-state index in [1.807, 2.05) is 18.2 Å². The molecule has 1 aromatic carbocycles. The third-order valence-electron chi connectivity index (χ3n) is 4.58. The number of nitrogens with zero attached hydrogens (tertiary/aromatic N) is 3. The average molecular weight is 399 g/mol. The first-order chi connectivity index (χ1) is 13.5. The third-order valence-corrected chi connectivity index (χ3v) is 6.46. The van der Waals surface area contributed by atoms with E-state index in [1.165, 1.54) is 16.4 Å².